The van der Waals surface area contributed by atoms with Gasteiger partial charge in [-0.1, -0.05) is 6.08 Å². The highest BCUT2D eigenvalue weighted by Gasteiger charge is 2.29. The summed E-state index contributed by atoms with van der Waals surface area (Å²) in [7, 11) is 1.88. The SMILES string of the molecule is C[C@@H]1NCCn2nc(-c3nc4c5ccsc5c3-c3c(F)cc(F)cc3OCCOC/C=C/COc3cc5nn(C)cc5cc3-4)cc21. The molecular formula is C34H30F2N6O3S. The van der Waals surface area contributed by atoms with Gasteiger partial charge in [0.05, 0.1) is 42.2 Å². The number of benzene rings is 2. The van der Waals surface area contributed by atoms with Crippen molar-refractivity contribution in [2.75, 3.05) is 33.0 Å². The molecule has 8 rings (SSSR count). The summed E-state index contributed by atoms with van der Waals surface area (Å²) < 4.78 is 53.4. The zero-order chi connectivity index (χ0) is 31.4. The van der Waals surface area contributed by atoms with E-state index < -0.39 is 11.6 Å². The Hall–Kier alpha value is -4.65. The number of pyridine rings is 1. The first kappa shape index (κ1) is 28.8. The van der Waals surface area contributed by atoms with Crippen LogP contribution < -0.4 is 14.8 Å². The molecule has 0 saturated carbocycles. The van der Waals surface area contributed by atoms with Crippen LogP contribution in [0.25, 0.3) is 54.8 Å². The first-order valence-electron chi connectivity index (χ1n) is 15.1. The lowest BCUT2D eigenvalue weighted by atomic mass is 9.95. The normalized spacial score (nSPS) is 17.6. The van der Waals surface area contributed by atoms with Gasteiger partial charge in [0.25, 0.3) is 0 Å². The van der Waals surface area contributed by atoms with Gasteiger partial charge in [-0.15, -0.1) is 11.3 Å². The maximum Gasteiger partial charge on any atom is 0.137 e. The monoisotopic (exact) mass is 640 g/mol. The highest BCUT2D eigenvalue weighted by molar-refractivity contribution is 7.18. The van der Waals surface area contributed by atoms with Crippen molar-refractivity contribution in [1.29, 1.82) is 0 Å². The van der Waals surface area contributed by atoms with Crippen molar-refractivity contribution in [2.45, 2.75) is 19.5 Å². The molecule has 2 aliphatic rings. The second kappa shape index (κ2) is 11.6. The molecular weight excluding hydrogens is 610 g/mol. The van der Waals surface area contributed by atoms with Crippen LogP contribution in [0.3, 0.4) is 0 Å². The van der Waals surface area contributed by atoms with E-state index in [4.69, 9.17) is 24.3 Å². The largest absolute Gasteiger partial charge is 0.490 e. The Morgan fingerprint density at radius 3 is 2.74 bits per heavy atom. The second-order valence-corrected chi connectivity index (χ2v) is 12.3. The van der Waals surface area contributed by atoms with Crippen LogP contribution >= 0.6 is 11.3 Å². The highest BCUT2D eigenvalue weighted by Crippen LogP contribution is 2.48. The zero-order valence-corrected chi connectivity index (χ0v) is 26.0. The minimum Gasteiger partial charge on any atom is -0.490 e. The lowest BCUT2D eigenvalue weighted by Crippen LogP contribution is -2.31. The first-order chi connectivity index (χ1) is 22.4. The standard InChI is InChI=1S/C34H30F2N6O3S/c1-19-27-16-26(40-42(27)7-6-37-19)33-31-30-24(36)14-21(35)15-29(30)45-11-10-43-8-3-4-9-44-28-17-25-20(18-41(2)39-25)13-23(28)32(38-33)22-5-12-46-34(22)31/h3-5,12-19,37H,6-11H2,1-2H3/b4-3+/t19-/m0/s1. The molecule has 1 atom stereocenters. The molecule has 0 radical (unpaired) electrons. The molecule has 0 spiro atoms. The van der Waals surface area contributed by atoms with E-state index in [1.165, 1.54) is 17.4 Å². The van der Waals surface area contributed by atoms with Gasteiger partial charge in [-0.25, -0.2) is 13.8 Å². The molecule has 234 valence electrons. The average molecular weight is 641 g/mol. The van der Waals surface area contributed by atoms with Crippen LogP contribution in [0.2, 0.25) is 0 Å². The summed E-state index contributed by atoms with van der Waals surface area (Å²) in [5.41, 5.74) is 4.89. The van der Waals surface area contributed by atoms with Crippen LogP contribution in [-0.4, -0.2) is 57.5 Å². The number of halogens is 2. The Labute approximate surface area is 267 Å². The molecule has 1 N–H and O–H groups in total. The fraction of sp³-hybridized carbons (Fsp3) is 0.265. The number of hydrogen-bond donors (Lipinski definition) is 1. The third kappa shape index (κ3) is 5.02. The van der Waals surface area contributed by atoms with E-state index in [0.717, 1.165) is 44.9 Å². The Kier molecular flexibility index (Phi) is 7.27. The van der Waals surface area contributed by atoms with Crippen LogP contribution in [0.1, 0.15) is 18.7 Å². The number of ether oxygens (including phenoxy) is 3. The van der Waals surface area contributed by atoms with Crippen molar-refractivity contribution < 1.29 is 23.0 Å². The van der Waals surface area contributed by atoms with Crippen molar-refractivity contribution in [2.24, 2.45) is 7.05 Å². The predicted octanol–water partition coefficient (Wildman–Crippen LogP) is 6.67. The summed E-state index contributed by atoms with van der Waals surface area (Å²) in [6.07, 6.45) is 5.70. The molecule has 2 aliphatic heterocycles. The number of nitrogens with zero attached hydrogens (tertiary/aromatic N) is 5. The van der Waals surface area contributed by atoms with Gasteiger partial charge in [0.1, 0.15) is 47.7 Å². The molecule has 2 aromatic carbocycles. The number of aryl methyl sites for hydroxylation is 1. The van der Waals surface area contributed by atoms with Gasteiger partial charge in [-0.05, 0) is 36.6 Å². The number of nitrogens with one attached hydrogen (secondary N) is 1. The fourth-order valence-electron chi connectivity index (χ4n) is 6.24. The first-order valence-corrected chi connectivity index (χ1v) is 16.0. The molecule has 12 heteroatoms. The van der Waals surface area contributed by atoms with Gasteiger partial charge < -0.3 is 19.5 Å². The van der Waals surface area contributed by atoms with Crippen molar-refractivity contribution in [3.05, 3.63) is 77.5 Å². The molecule has 0 fully saturated rings. The second-order valence-electron chi connectivity index (χ2n) is 11.4. The van der Waals surface area contributed by atoms with E-state index >= 15 is 4.39 Å². The summed E-state index contributed by atoms with van der Waals surface area (Å²) in [5.74, 6) is -0.796. The smallest absolute Gasteiger partial charge is 0.137 e. The Morgan fingerprint density at radius 2 is 1.85 bits per heavy atom. The zero-order valence-electron chi connectivity index (χ0n) is 25.2. The van der Waals surface area contributed by atoms with E-state index in [0.29, 0.717) is 48.2 Å². The summed E-state index contributed by atoms with van der Waals surface area (Å²) in [5, 5.41) is 16.7. The van der Waals surface area contributed by atoms with E-state index in [-0.39, 0.29) is 30.6 Å². The molecule has 0 amide bonds. The van der Waals surface area contributed by atoms with Crippen molar-refractivity contribution in [3.63, 3.8) is 0 Å². The summed E-state index contributed by atoms with van der Waals surface area (Å²) >= 11 is 1.46. The molecule has 6 heterocycles. The molecule has 9 nitrogen and oxygen atoms in total. The highest BCUT2D eigenvalue weighted by atomic mass is 32.1. The Bertz CT molecular complexity index is 2150. The van der Waals surface area contributed by atoms with E-state index in [2.05, 4.69) is 17.3 Å². The Morgan fingerprint density at radius 1 is 0.957 bits per heavy atom. The van der Waals surface area contributed by atoms with E-state index in [1.54, 1.807) is 4.68 Å². The van der Waals surface area contributed by atoms with Crippen LogP contribution in [0.15, 0.2) is 60.1 Å². The maximum atomic E-state index is 16.1. The van der Waals surface area contributed by atoms with Gasteiger partial charge in [0, 0.05) is 70.6 Å². The van der Waals surface area contributed by atoms with E-state index in [1.807, 2.05) is 59.7 Å². The summed E-state index contributed by atoms with van der Waals surface area (Å²) in [6.45, 7) is 4.50. The fourth-order valence-corrected chi connectivity index (χ4v) is 7.18. The molecule has 0 saturated heterocycles. The quantitative estimate of drug-likeness (QED) is 0.201. The number of rotatable bonds is 1. The summed E-state index contributed by atoms with van der Waals surface area (Å²) in [6, 6.07) is 10.1. The van der Waals surface area contributed by atoms with Gasteiger partial charge in [-0.2, -0.15) is 10.2 Å². The van der Waals surface area contributed by atoms with Gasteiger partial charge in [0.15, 0.2) is 0 Å². The third-order valence-electron chi connectivity index (χ3n) is 8.32. The van der Waals surface area contributed by atoms with Crippen LogP contribution in [0, 0.1) is 11.6 Å². The van der Waals surface area contributed by atoms with Gasteiger partial charge in [0.2, 0.25) is 0 Å². The van der Waals surface area contributed by atoms with E-state index in [9.17, 15) is 4.39 Å². The van der Waals surface area contributed by atoms with Crippen LogP contribution in [-0.2, 0) is 18.3 Å². The summed E-state index contributed by atoms with van der Waals surface area (Å²) in [4.78, 5) is 5.30. The lowest BCUT2D eigenvalue weighted by Gasteiger charge is -2.21. The van der Waals surface area contributed by atoms with Crippen molar-refractivity contribution >= 4 is 32.3 Å². The molecule has 4 aromatic heterocycles. The minimum atomic E-state index is -0.748. The molecule has 2 bridgehead atoms. The number of thiophene rings is 1. The van der Waals surface area contributed by atoms with Crippen LogP contribution in [0.5, 0.6) is 11.5 Å². The average Bonchev–Trinajstić information content (AvgIpc) is 3.77. The minimum absolute atomic E-state index is 0.0698. The van der Waals surface area contributed by atoms with Crippen molar-refractivity contribution in [1.82, 2.24) is 29.9 Å². The Balaban J connectivity index is 1.47. The third-order valence-corrected chi connectivity index (χ3v) is 9.26. The van der Waals surface area contributed by atoms with Crippen LogP contribution in [0.4, 0.5) is 8.78 Å². The molecule has 6 aromatic rings. The molecule has 46 heavy (non-hydrogen) atoms. The van der Waals surface area contributed by atoms with Gasteiger partial charge in [-0.3, -0.25) is 9.36 Å². The lowest BCUT2D eigenvalue weighted by molar-refractivity contribution is 0.120. The number of hydrogen-bond acceptors (Lipinski definition) is 8. The predicted molar refractivity (Wildman–Crippen MR) is 173 cm³/mol. The van der Waals surface area contributed by atoms with Crippen molar-refractivity contribution in [3.8, 4) is 45.3 Å². The number of fused-ring (bicyclic) bond motifs is 6. The maximum absolute atomic E-state index is 16.1. The topological polar surface area (TPSA) is 88.2 Å². The van der Waals surface area contributed by atoms with Gasteiger partial charge >= 0.3 is 0 Å². The molecule has 0 unspecified atom stereocenters. The molecule has 0 aliphatic carbocycles. The number of aromatic nitrogens is 5.